The highest BCUT2D eigenvalue weighted by atomic mass is 16.3. The maximum atomic E-state index is 12.5. The third-order valence-electron chi connectivity index (χ3n) is 15.2. The van der Waals surface area contributed by atoms with E-state index < -0.39 is 12.1 Å². The van der Waals surface area contributed by atoms with Gasteiger partial charge in [0, 0.05) is 6.42 Å². The molecule has 0 saturated carbocycles. The zero-order valence-electron chi connectivity index (χ0n) is 49.4. The topological polar surface area (TPSA) is 69.6 Å². The smallest absolute Gasteiger partial charge is 0.220 e. The Bertz CT molecular complexity index is 1200. The third-order valence-corrected chi connectivity index (χ3v) is 15.2. The Morgan fingerprint density at radius 3 is 0.890 bits per heavy atom. The summed E-state index contributed by atoms with van der Waals surface area (Å²) in [7, 11) is 0. The first-order valence-electron chi connectivity index (χ1n) is 33.0. The second-order valence-electron chi connectivity index (χ2n) is 22.5. The molecule has 0 radical (unpaired) electrons. The zero-order chi connectivity index (χ0) is 52.7. The molecule has 0 spiro atoms. The summed E-state index contributed by atoms with van der Waals surface area (Å²) < 4.78 is 0. The van der Waals surface area contributed by atoms with Crippen LogP contribution in [0.25, 0.3) is 0 Å². The van der Waals surface area contributed by atoms with Gasteiger partial charge in [0.05, 0.1) is 18.8 Å². The van der Waals surface area contributed by atoms with Gasteiger partial charge >= 0.3 is 0 Å². The summed E-state index contributed by atoms with van der Waals surface area (Å²) in [5.74, 6) is -0.0711. The molecule has 3 N–H and O–H groups in total. The number of unbranched alkanes of at least 4 members (excludes halogenated alkanes) is 46. The second kappa shape index (κ2) is 64.4. The summed E-state index contributed by atoms with van der Waals surface area (Å²) in [5.41, 5.74) is 0. The van der Waals surface area contributed by atoms with E-state index in [1.54, 1.807) is 6.08 Å². The van der Waals surface area contributed by atoms with E-state index in [-0.39, 0.29) is 12.5 Å². The van der Waals surface area contributed by atoms with Crippen molar-refractivity contribution in [3.05, 3.63) is 60.8 Å². The van der Waals surface area contributed by atoms with Crippen LogP contribution in [0, 0.1) is 0 Å². The number of aliphatic hydroxyl groups excluding tert-OH is 2. The highest BCUT2D eigenvalue weighted by Gasteiger charge is 2.18. The minimum absolute atomic E-state index is 0.0711. The fraction of sp³-hybridized carbons (Fsp3) is 0.841. The molecule has 4 nitrogen and oxygen atoms in total. The van der Waals surface area contributed by atoms with Crippen molar-refractivity contribution in [3.63, 3.8) is 0 Å². The molecular formula is C69H129NO3. The number of carbonyl (C=O) groups excluding carboxylic acids is 1. The van der Waals surface area contributed by atoms with E-state index >= 15 is 0 Å². The van der Waals surface area contributed by atoms with E-state index in [0.29, 0.717) is 6.42 Å². The lowest BCUT2D eigenvalue weighted by Gasteiger charge is -2.19. The molecule has 0 aromatic rings. The van der Waals surface area contributed by atoms with E-state index in [4.69, 9.17) is 0 Å². The first kappa shape index (κ1) is 71.1. The van der Waals surface area contributed by atoms with Gasteiger partial charge in [-0.05, 0) is 70.6 Å². The van der Waals surface area contributed by atoms with Crippen LogP contribution in [0.15, 0.2) is 60.8 Å². The number of nitrogens with one attached hydrogen (secondary N) is 1. The molecule has 0 aliphatic carbocycles. The van der Waals surface area contributed by atoms with Crippen LogP contribution in [0.5, 0.6) is 0 Å². The van der Waals surface area contributed by atoms with Gasteiger partial charge in [-0.1, -0.05) is 338 Å². The average Bonchev–Trinajstić information content (AvgIpc) is 3.40. The van der Waals surface area contributed by atoms with Gasteiger partial charge in [0.2, 0.25) is 5.91 Å². The highest BCUT2D eigenvalue weighted by molar-refractivity contribution is 5.76. The number of amides is 1. The molecule has 428 valence electrons. The predicted molar refractivity (Wildman–Crippen MR) is 327 cm³/mol. The molecule has 0 aromatic heterocycles. The Hall–Kier alpha value is -1.91. The molecule has 0 aliphatic heterocycles. The Morgan fingerprint density at radius 1 is 0.329 bits per heavy atom. The number of rotatable bonds is 61. The van der Waals surface area contributed by atoms with Gasteiger partial charge in [0.15, 0.2) is 0 Å². The van der Waals surface area contributed by atoms with Crippen LogP contribution in [-0.2, 0) is 4.79 Å². The average molecular weight is 1020 g/mol. The minimum atomic E-state index is -0.866. The molecule has 2 unspecified atom stereocenters. The molecule has 0 rings (SSSR count). The van der Waals surface area contributed by atoms with Crippen LogP contribution in [0.1, 0.15) is 354 Å². The van der Waals surface area contributed by atoms with Gasteiger partial charge in [-0.25, -0.2) is 0 Å². The molecule has 0 saturated heterocycles. The fourth-order valence-electron chi connectivity index (χ4n) is 10.2. The Balaban J connectivity index is 3.49. The van der Waals surface area contributed by atoms with E-state index in [9.17, 15) is 15.0 Å². The molecule has 0 bridgehead atoms. The van der Waals surface area contributed by atoms with Gasteiger partial charge in [-0.15, -0.1) is 0 Å². The van der Waals surface area contributed by atoms with Gasteiger partial charge in [-0.2, -0.15) is 0 Å². The SMILES string of the molecule is CCCCCCC/C=C\C/C=C\C/C=C\CCCCCCCCCCCCCCCCC(=O)NC(CO)C(O)/C=C/CC/C=C/CCCCCCCCCCCCCCCCCCCCCCCCCCCC. The van der Waals surface area contributed by atoms with Crippen molar-refractivity contribution >= 4 is 5.91 Å². The van der Waals surface area contributed by atoms with Crippen LogP contribution in [0.3, 0.4) is 0 Å². The largest absolute Gasteiger partial charge is 0.394 e. The van der Waals surface area contributed by atoms with Crippen LogP contribution in [0.4, 0.5) is 0 Å². The van der Waals surface area contributed by atoms with Crippen molar-refractivity contribution in [3.8, 4) is 0 Å². The zero-order valence-corrected chi connectivity index (χ0v) is 49.4. The third kappa shape index (κ3) is 60.8. The van der Waals surface area contributed by atoms with Crippen molar-refractivity contribution in [1.82, 2.24) is 5.32 Å². The number of carbonyl (C=O) groups is 1. The lowest BCUT2D eigenvalue weighted by Crippen LogP contribution is -2.45. The molecule has 0 fully saturated rings. The number of hydrogen-bond donors (Lipinski definition) is 3. The molecule has 73 heavy (non-hydrogen) atoms. The molecule has 0 heterocycles. The normalized spacial score (nSPS) is 13.1. The van der Waals surface area contributed by atoms with E-state index in [0.717, 1.165) is 44.9 Å². The number of allylic oxidation sites excluding steroid dienone is 9. The van der Waals surface area contributed by atoms with Gasteiger partial charge in [-0.3, -0.25) is 4.79 Å². The van der Waals surface area contributed by atoms with Crippen LogP contribution in [0.2, 0.25) is 0 Å². The number of aliphatic hydroxyl groups is 2. The summed E-state index contributed by atoms with van der Waals surface area (Å²) in [6.45, 7) is 4.32. The summed E-state index contributed by atoms with van der Waals surface area (Å²) in [6, 6.07) is -0.643. The van der Waals surface area contributed by atoms with E-state index in [1.807, 2.05) is 6.08 Å². The number of hydrogen-bond acceptors (Lipinski definition) is 3. The summed E-state index contributed by atoms with van der Waals surface area (Å²) >= 11 is 0. The fourth-order valence-corrected chi connectivity index (χ4v) is 10.2. The lowest BCUT2D eigenvalue weighted by molar-refractivity contribution is -0.123. The Kier molecular flexibility index (Phi) is 62.7. The molecule has 0 aliphatic rings. The van der Waals surface area contributed by atoms with Crippen molar-refractivity contribution in [2.24, 2.45) is 0 Å². The van der Waals surface area contributed by atoms with Gasteiger partial charge in [0.25, 0.3) is 0 Å². The lowest BCUT2D eigenvalue weighted by atomic mass is 10.0. The van der Waals surface area contributed by atoms with E-state index in [2.05, 4.69) is 67.8 Å². The van der Waals surface area contributed by atoms with Crippen molar-refractivity contribution < 1.29 is 15.0 Å². The monoisotopic (exact) mass is 1020 g/mol. The van der Waals surface area contributed by atoms with Crippen LogP contribution in [-0.4, -0.2) is 34.9 Å². The van der Waals surface area contributed by atoms with Crippen molar-refractivity contribution in [2.75, 3.05) is 6.61 Å². The maximum absolute atomic E-state index is 12.5. The Morgan fingerprint density at radius 2 is 0.575 bits per heavy atom. The summed E-state index contributed by atoms with van der Waals surface area (Å²) in [4.78, 5) is 12.5. The van der Waals surface area contributed by atoms with E-state index in [1.165, 1.54) is 289 Å². The molecular weight excluding hydrogens is 891 g/mol. The quantitative estimate of drug-likeness (QED) is 0.0420. The molecule has 4 heteroatoms. The van der Waals surface area contributed by atoms with Crippen molar-refractivity contribution in [2.45, 2.75) is 366 Å². The maximum Gasteiger partial charge on any atom is 0.220 e. The molecule has 0 aromatic carbocycles. The first-order chi connectivity index (χ1) is 36.2. The molecule has 1 amide bonds. The first-order valence-corrected chi connectivity index (χ1v) is 33.0. The van der Waals surface area contributed by atoms with Gasteiger partial charge in [0.1, 0.15) is 0 Å². The van der Waals surface area contributed by atoms with Crippen molar-refractivity contribution in [1.29, 1.82) is 0 Å². The standard InChI is InChI=1S/C69H129NO3/c1-3-5-7-9-11-13-15-17-19-21-23-25-27-29-31-33-34-35-37-38-40-42-44-46-48-50-52-54-56-58-60-62-64-68(72)67(66-71)70-69(73)65-63-61-59-57-55-53-51-49-47-45-43-41-39-36-32-30-28-26-24-22-20-18-16-14-12-10-8-6-4-2/h16,18,22,24,28,30,54,56,62,64,67-68,71-72H,3-15,17,19-21,23,25-27,29,31-53,55,57-61,63,65-66H2,1-2H3,(H,70,73)/b18-16-,24-22-,30-28-,56-54+,64-62+. The molecule has 2 atom stereocenters. The summed E-state index contributed by atoms with van der Waals surface area (Å²) in [6.07, 6.45) is 91.5. The second-order valence-corrected chi connectivity index (χ2v) is 22.5. The van der Waals surface area contributed by atoms with Crippen LogP contribution < -0.4 is 5.32 Å². The predicted octanol–water partition coefficient (Wildman–Crippen LogP) is 22.3. The van der Waals surface area contributed by atoms with Crippen LogP contribution >= 0.6 is 0 Å². The van der Waals surface area contributed by atoms with Gasteiger partial charge < -0.3 is 15.5 Å². The highest BCUT2D eigenvalue weighted by Crippen LogP contribution is 2.18. The minimum Gasteiger partial charge on any atom is -0.394 e. The Labute approximate surface area is 457 Å². The summed E-state index contributed by atoms with van der Waals surface area (Å²) in [5, 5.41) is 23.2.